The summed E-state index contributed by atoms with van der Waals surface area (Å²) in [6, 6.07) is 7.16. The molecule has 0 atom stereocenters. The number of hydrogen-bond donors (Lipinski definition) is 3. The zero-order valence-corrected chi connectivity index (χ0v) is 12.4. The van der Waals surface area contributed by atoms with Crippen molar-refractivity contribution in [3.8, 4) is 0 Å². The van der Waals surface area contributed by atoms with Crippen LogP contribution in [0.15, 0.2) is 24.3 Å². The fourth-order valence-electron chi connectivity index (χ4n) is 2.52. The van der Waals surface area contributed by atoms with Crippen molar-refractivity contribution in [2.75, 3.05) is 11.9 Å². The Morgan fingerprint density at radius 2 is 1.76 bits per heavy atom. The third-order valence-corrected chi connectivity index (χ3v) is 4.01. The number of anilines is 1. The summed E-state index contributed by atoms with van der Waals surface area (Å²) in [5.41, 5.74) is 0.709. The van der Waals surface area contributed by atoms with E-state index in [2.05, 4.69) is 10.6 Å². The highest BCUT2D eigenvalue weighted by Gasteiger charge is 2.25. The third kappa shape index (κ3) is 5.02. The number of halogens is 1. The highest BCUT2D eigenvalue weighted by Crippen LogP contribution is 2.24. The maximum atomic E-state index is 11.8. The second-order valence-corrected chi connectivity index (χ2v) is 5.76. The van der Waals surface area contributed by atoms with Crippen LogP contribution in [0.5, 0.6) is 0 Å². The quantitative estimate of drug-likeness (QED) is 0.781. The number of hydrogen-bond acceptors (Lipinski definition) is 3. The van der Waals surface area contributed by atoms with Crippen LogP contribution in [0.1, 0.15) is 25.7 Å². The van der Waals surface area contributed by atoms with E-state index in [0.29, 0.717) is 23.6 Å². The molecule has 5 nitrogen and oxygen atoms in total. The lowest BCUT2D eigenvalue weighted by molar-refractivity contribution is -0.143. The topological polar surface area (TPSA) is 78.4 Å². The van der Waals surface area contributed by atoms with Crippen LogP contribution in [0, 0.1) is 5.92 Å². The van der Waals surface area contributed by atoms with Crippen molar-refractivity contribution in [2.45, 2.75) is 31.7 Å². The number of carboxylic acids is 1. The molecule has 0 radical (unpaired) electrons. The van der Waals surface area contributed by atoms with Crippen LogP contribution in [0.3, 0.4) is 0 Å². The molecule has 3 N–H and O–H groups in total. The SMILES string of the molecule is O=C(CNC1CCC(C(=O)O)CC1)Nc1ccc(Cl)cc1. The van der Waals surface area contributed by atoms with Crippen LogP contribution in [-0.4, -0.2) is 29.6 Å². The van der Waals surface area contributed by atoms with Gasteiger partial charge in [0.15, 0.2) is 0 Å². The molecule has 0 heterocycles. The Morgan fingerprint density at radius 3 is 2.33 bits per heavy atom. The van der Waals surface area contributed by atoms with Gasteiger partial charge in [-0.3, -0.25) is 9.59 Å². The van der Waals surface area contributed by atoms with Gasteiger partial charge in [0.2, 0.25) is 5.91 Å². The monoisotopic (exact) mass is 310 g/mol. The minimum atomic E-state index is -0.714. The normalized spacial score (nSPS) is 21.8. The highest BCUT2D eigenvalue weighted by molar-refractivity contribution is 6.30. The molecule has 6 heteroatoms. The van der Waals surface area contributed by atoms with Gasteiger partial charge in [-0.2, -0.15) is 0 Å². The standard InChI is InChI=1S/C15H19ClN2O3/c16-11-3-7-13(8-4-11)18-14(19)9-17-12-5-1-10(2-6-12)15(20)21/h3-4,7-8,10,12,17H,1-2,5-6,9H2,(H,18,19)(H,20,21). The molecule has 1 aliphatic rings. The number of carbonyl (C=O) groups excluding carboxylic acids is 1. The van der Waals surface area contributed by atoms with E-state index in [4.69, 9.17) is 16.7 Å². The van der Waals surface area contributed by atoms with Crippen molar-refractivity contribution < 1.29 is 14.7 Å². The van der Waals surface area contributed by atoms with Gasteiger partial charge in [-0.25, -0.2) is 0 Å². The van der Waals surface area contributed by atoms with Gasteiger partial charge in [0, 0.05) is 16.8 Å². The van der Waals surface area contributed by atoms with Gasteiger partial charge in [-0.05, 0) is 49.9 Å². The Balaban J connectivity index is 1.70. The zero-order valence-electron chi connectivity index (χ0n) is 11.6. The molecule has 0 unspecified atom stereocenters. The molecule has 2 rings (SSSR count). The van der Waals surface area contributed by atoms with Gasteiger partial charge >= 0.3 is 5.97 Å². The number of aliphatic carboxylic acids is 1. The Kier molecular flexibility index (Phi) is 5.59. The van der Waals surface area contributed by atoms with Crippen molar-refractivity contribution in [3.05, 3.63) is 29.3 Å². The van der Waals surface area contributed by atoms with Crippen LogP contribution in [0.4, 0.5) is 5.69 Å². The van der Waals surface area contributed by atoms with Crippen LogP contribution in [0.2, 0.25) is 5.02 Å². The van der Waals surface area contributed by atoms with E-state index in [1.165, 1.54) is 0 Å². The lowest BCUT2D eigenvalue weighted by atomic mass is 9.86. The number of rotatable bonds is 5. The van der Waals surface area contributed by atoms with Gasteiger partial charge in [0.1, 0.15) is 0 Å². The second kappa shape index (κ2) is 7.43. The van der Waals surface area contributed by atoms with Crippen molar-refractivity contribution >= 4 is 29.2 Å². The minimum absolute atomic E-state index is 0.113. The average Bonchev–Trinajstić information content (AvgIpc) is 2.48. The number of carboxylic acid groups (broad SMARTS) is 1. The van der Waals surface area contributed by atoms with E-state index in [0.717, 1.165) is 12.8 Å². The largest absolute Gasteiger partial charge is 0.481 e. The van der Waals surface area contributed by atoms with E-state index in [1.54, 1.807) is 24.3 Å². The van der Waals surface area contributed by atoms with E-state index >= 15 is 0 Å². The minimum Gasteiger partial charge on any atom is -0.481 e. The lowest BCUT2D eigenvalue weighted by Gasteiger charge is -2.26. The predicted octanol–water partition coefficient (Wildman–Crippen LogP) is 2.51. The number of nitrogens with one attached hydrogen (secondary N) is 2. The first-order chi connectivity index (χ1) is 10.0. The maximum absolute atomic E-state index is 11.8. The average molecular weight is 311 g/mol. The number of benzene rings is 1. The fraction of sp³-hybridized carbons (Fsp3) is 0.467. The van der Waals surface area contributed by atoms with E-state index in [9.17, 15) is 9.59 Å². The molecule has 21 heavy (non-hydrogen) atoms. The van der Waals surface area contributed by atoms with Gasteiger partial charge in [0.25, 0.3) is 0 Å². The summed E-state index contributed by atoms with van der Waals surface area (Å²) in [6.45, 7) is 0.227. The molecule has 0 saturated heterocycles. The molecule has 0 spiro atoms. The predicted molar refractivity (Wildman–Crippen MR) is 81.5 cm³/mol. The first-order valence-corrected chi connectivity index (χ1v) is 7.44. The molecule has 1 amide bonds. The molecular formula is C15H19ClN2O3. The third-order valence-electron chi connectivity index (χ3n) is 3.76. The molecule has 114 valence electrons. The molecule has 1 saturated carbocycles. The van der Waals surface area contributed by atoms with Crippen molar-refractivity contribution in [1.29, 1.82) is 0 Å². The Hall–Kier alpha value is -1.59. The molecule has 1 aliphatic carbocycles. The summed E-state index contributed by atoms with van der Waals surface area (Å²) in [5.74, 6) is -1.06. The summed E-state index contributed by atoms with van der Waals surface area (Å²) < 4.78 is 0. The van der Waals surface area contributed by atoms with Gasteiger partial charge in [-0.15, -0.1) is 0 Å². The molecule has 0 aliphatic heterocycles. The highest BCUT2D eigenvalue weighted by atomic mass is 35.5. The fourth-order valence-corrected chi connectivity index (χ4v) is 2.65. The first-order valence-electron chi connectivity index (χ1n) is 7.06. The van der Waals surface area contributed by atoms with E-state index in [1.807, 2.05) is 0 Å². The smallest absolute Gasteiger partial charge is 0.306 e. The molecular weight excluding hydrogens is 292 g/mol. The van der Waals surface area contributed by atoms with Crippen molar-refractivity contribution in [3.63, 3.8) is 0 Å². The summed E-state index contributed by atoms with van der Waals surface area (Å²) in [6.07, 6.45) is 2.94. The van der Waals surface area contributed by atoms with E-state index in [-0.39, 0.29) is 24.4 Å². The number of amides is 1. The van der Waals surface area contributed by atoms with Crippen LogP contribution >= 0.6 is 11.6 Å². The summed E-state index contributed by atoms with van der Waals surface area (Å²) in [4.78, 5) is 22.7. The summed E-state index contributed by atoms with van der Waals surface area (Å²) in [5, 5.41) is 15.5. The maximum Gasteiger partial charge on any atom is 0.306 e. The molecule has 1 fully saturated rings. The van der Waals surface area contributed by atoms with Crippen LogP contribution < -0.4 is 10.6 Å². The molecule has 1 aromatic carbocycles. The number of carbonyl (C=O) groups is 2. The molecule has 0 bridgehead atoms. The Morgan fingerprint density at radius 1 is 1.14 bits per heavy atom. The lowest BCUT2D eigenvalue weighted by Crippen LogP contribution is -2.39. The summed E-state index contributed by atoms with van der Waals surface area (Å²) >= 11 is 5.78. The van der Waals surface area contributed by atoms with E-state index < -0.39 is 5.97 Å². The van der Waals surface area contributed by atoms with Crippen LogP contribution in [-0.2, 0) is 9.59 Å². The Labute approximate surface area is 128 Å². The van der Waals surface area contributed by atoms with Crippen LogP contribution in [0.25, 0.3) is 0 Å². The molecule has 0 aromatic heterocycles. The van der Waals surface area contributed by atoms with Crippen molar-refractivity contribution in [2.24, 2.45) is 5.92 Å². The van der Waals surface area contributed by atoms with Crippen molar-refractivity contribution in [1.82, 2.24) is 5.32 Å². The van der Waals surface area contributed by atoms with Gasteiger partial charge in [0.05, 0.1) is 12.5 Å². The molecule has 1 aromatic rings. The Bertz CT molecular complexity index is 496. The van der Waals surface area contributed by atoms with Gasteiger partial charge in [-0.1, -0.05) is 11.6 Å². The summed E-state index contributed by atoms with van der Waals surface area (Å²) in [7, 11) is 0. The zero-order chi connectivity index (χ0) is 15.2. The first kappa shape index (κ1) is 15.8. The van der Waals surface area contributed by atoms with Gasteiger partial charge < -0.3 is 15.7 Å². The second-order valence-electron chi connectivity index (χ2n) is 5.32.